The van der Waals surface area contributed by atoms with E-state index in [1.165, 1.54) is 16.7 Å². The first-order valence-electron chi connectivity index (χ1n) is 6.18. The van der Waals surface area contributed by atoms with E-state index >= 15 is 0 Å². The van der Waals surface area contributed by atoms with E-state index in [9.17, 15) is 0 Å². The Morgan fingerprint density at radius 1 is 1.00 bits per heavy atom. The molecule has 0 bridgehead atoms. The van der Waals surface area contributed by atoms with Crippen LogP contribution in [0, 0.1) is 6.92 Å². The molecule has 0 aliphatic carbocycles. The Morgan fingerprint density at radius 3 is 2.56 bits per heavy atom. The van der Waals surface area contributed by atoms with Gasteiger partial charge in [-0.05, 0) is 24.1 Å². The van der Waals surface area contributed by atoms with Gasteiger partial charge in [-0.2, -0.15) is 0 Å². The maximum Gasteiger partial charge on any atom is 0.216 e. The first-order chi connectivity index (χ1) is 8.84. The van der Waals surface area contributed by atoms with E-state index in [0.29, 0.717) is 6.61 Å². The molecule has 1 heterocycles. The molecule has 1 aliphatic heterocycles. The molecule has 0 radical (unpaired) electrons. The molecule has 0 saturated heterocycles. The van der Waals surface area contributed by atoms with Gasteiger partial charge < -0.3 is 4.74 Å². The largest absolute Gasteiger partial charge is 0.475 e. The van der Waals surface area contributed by atoms with Crippen LogP contribution in [0.5, 0.6) is 0 Å². The van der Waals surface area contributed by atoms with Crippen molar-refractivity contribution in [3.63, 3.8) is 0 Å². The number of hydrogen-bond donors (Lipinski definition) is 0. The summed E-state index contributed by atoms with van der Waals surface area (Å²) in [5.41, 5.74) is 4.70. The van der Waals surface area contributed by atoms with Gasteiger partial charge in [-0.25, -0.2) is 4.99 Å². The summed E-state index contributed by atoms with van der Waals surface area (Å²) < 4.78 is 5.61. The standard InChI is InChI=1S/C16H15NO/c1-12-7-8-14(13-5-3-2-4-6-13)15(11-12)16-17-9-10-18-16/h2-8,11H,9-10H2,1H3. The van der Waals surface area contributed by atoms with E-state index in [0.717, 1.165) is 18.0 Å². The van der Waals surface area contributed by atoms with Gasteiger partial charge in [0.25, 0.3) is 0 Å². The minimum Gasteiger partial charge on any atom is -0.475 e. The highest BCUT2D eigenvalue weighted by Crippen LogP contribution is 2.26. The van der Waals surface area contributed by atoms with E-state index < -0.39 is 0 Å². The normalized spacial score (nSPS) is 14.2. The van der Waals surface area contributed by atoms with Gasteiger partial charge in [-0.1, -0.05) is 48.0 Å². The van der Waals surface area contributed by atoms with Gasteiger partial charge in [0, 0.05) is 5.56 Å². The fourth-order valence-electron chi connectivity index (χ4n) is 2.20. The molecule has 2 aromatic rings. The Bertz CT molecular complexity index is 587. The van der Waals surface area contributed by atoms with Crippen molar-refractivity contribution in [2.75, 3.05) is 13.2 Å². The zero-order valence-electron chi connectivity index (χ0n) is 10.4. The fraction of sp³-hybridized carbons (Fsp3) is 0.188. The number of aliphatic imine (C=N–C) groups is 1. The van der Waals surface area contributed by atoms with Crippen LogP contribution in [0.2, 0.25) is 0 Å². The molecule has 0 atom stereocenters. The van der Waals surface area contributed by atoms with Crippen molar-refractivity contribution in [1.82, 2.24) is 0 Å². The lowest BCUT2D eigenvalue weighted by Crippen LogP contribution is -2.03. The lowest BCUT2D eigenvalue weighted by molar-refractivity contribution is 0.348. The maximum absolute atomic E-state index is 5.61. The van der Waals surface area contributed by atoms with Crippen LogP contribution in [0.4, 0.5) is 0 Å². The number of rotatable bonds is 2. The van der Waals surface area contributed by atoms with Crippen molar-refractivity contribution in [2.24, 2.45) is 4.99 Å². The summed E-state index contributed by atoms with van der Waals surface area (Å²) in [4.78, 5) is 4.43. The van der Waals surface area contributed by atoms with Crippen LogP contribution in [-0.2, 0) is 4.74 Å². The summed E-state index contributed by atoms with van der Waals surface area (Å²) in [5.74, 6) is 0.776. The molecular weight excluding hydrogens is 222 g/mol. The molecule has 0 aromatic heterocycles. The van der Waals surface area contributed by atoms with Gasteiger partial charge in [0.1, 0.15) is 6.61 Å². The molecule has 2 aromatic carbocycles. The van der Waals surface area contributed by atoms with Gasteiger partial charge in [0.2, 0.25) is 5.90 Å². The van der Waals surface area contributed by atoms with Gasteiger partial charge in [-0.15, -0.1) is 0 Å². The number of benzene rings is 2. The average molecular weight is 237 g/mol. The third kappa shape index (κ3) is 2.02. The quantitative estimate of drug-likeness (QED) is 0.784. The molecule has 0 spiro atoms. The highest BCUT2D eigenvalue weighted by atomic mass is 16.5. The molecule has 2 nitrogen and oxygen atoms in total. The average Bonchev–Trinajstić information content (AvgIpc) is 2.93. The van der Waals surface area contributed by atoms with Crippen LogP contribution < -0.4 is 0 Å². The first kappa shape index (κ1) is 11.0. The molecule has 0 saturated carbocycles. The Hall–Kier alpha value is -2.09. The zero-order chi connectivity index (χ0) is 12.4. The number of nitrogens with zero attached hydrogens (tertiary/aromatic N) is 1. The van der Waals surface area contributed by atoms with E-state index in [-0.39, 0.29) is 0 Å². The Balaban J connectivity index is 2.14. The Morgan fingerprint density at radius 2 is 1.83 bits per heavy atom. The van der Waals surface area contributed by atoms with Gasteiger partial charge >= 0.3 is 0 Å². The van der Waals surface area contributed by atoms with Gasteiger partial charge in [0.15, 0.2) is 0 Å². The van der Waals surface area contributed by atoms with Crippen molar-refractivity contribution in [3.05, 3.63) is 59.7 Å². The number of hydrogen-bond acceptors (Lipinski definition) is 2. The molecule has 0 fully saturated rings. The summed E-state index contributed by atoms with van der Waals surface area (Å²) in [6.07, 6.45) is 0. The van der Waals surface area contributed by atoms with E-state index in [1.807, 2.05) is 6.07 Å². The Kier molecular flexibility index (Phi) is 2.85. The second-order valence-electron chi connectivity index (χ2n) is 4.45. The monoisotopic (exact) mass is 237 g/mol. The van der Waals surface area contributed by atoms with Crippen molar-refractivity contribution < 1.29 is 4.74 Å². The van der Waals surface area contributed by atoms with Crippen LogP contribution >= 0.6 is 0 Å². The molecule has 0 amide bonds. The predicted molar refractivity (Wildman–Crippen MR) is 74.0 cm³/mol. The van der Waals surface area contributed by atoms with Crippen LogP contribution in [0.3, 0.4) is 0 Å². The summed E-state index contributed by atoms with van der Waals surface area (Å²) in [7, 11) is 0. The minimum absolute atomic E-state index is 0.692. The SMILES string of the molecule is Cc1ccc(-c2ccccc2)c(C2=NCCO2)c1. The fourth-order valence-corrected chi connectivity index (χ4v) is 2.20. The molecule has 0 N–H and O–H groups in total. The van der Waals surface area contributed by atoms with Crippen LogP contribution in [0.1, 0.15) is 11.1 Å². The lowest BCUT2D eigenvalue weighted by Gasteiger charge is -2.10. The second kappa shape index (κ2) is 4.65. The van der Waals surface area contributed by atoms with E-state index in [1.54, 1.807) is 0 Å². The Labute approximate surface area is 107 Å². The molecule has 1 aliphatic rings. The smallest absolute Gasteiger partial charge is 0.216 e. The van der Waals surface area contributed by atoms with Crippen LogP contribution in [-0.4, -0.2) is 19.0 Å². The van der Waals surface area contributed by atoms with Crippen molar-refractivity contribution in [3.8, 4) is 11.1 Å². The van der Waals surface area contributed by atoms with Crippen molar-refractivity contribution >= 4 is 5.90 Å². The highest BCUT2D eigenvalue weighted by molar-refractivity contribution is 6.01. The maximum atomic E-state index is 5.61. The second-order valence-corrected chi connectivity index (χ2v) is 4.45. The number of aryl methyl sites for hydroxylation is 1. The molecule has 18 heavy (non-hydrogen) atoms. The van der Waals surface area contributed by atoms with Crippen molar-refractivity contribution in [1.29, 1.82) is 0 Å². The molecule has 90 valence electrons. The van der Waals surface area contributed by atoms with E-state index in [2.05, 4.69) is 54.4 Å². The van der Waals surface area contributed by atoms with Crippen LogP contribution in [0.25, 0.3) is 11.1 Å². The number of ether oxygens (including phenoxy) is 1. The van der Waals surface area contributed by atoms with E-state index in [4.69, 9.17) is 4.74 Å². The molecular formula is C16H15NO. The summed E-state index contributed by atoms with van der Waals surface area (Å²) in [6.45, 7) is 3.54. The third-order valence-electron chi connectivity index (χ3n) is 3.08. The topological polar surface area (TPSA) is 21.6 Å². The highest BCUT2D eigenvalue weighted by Gasteiger charge is 2.15. The minimum atomic E-state index is 0.692. The lowest BCUT2D eigenvalue weighted by atomic mass is 9.98. The predicted octanol–water partition coefficient (Wildman–Crippen LogP) is 3.44. The summed E-state index contributed by atoms with van der Waals surface area (Å²) >= 11 is 0. The first-order valence-corrected chi connectivity index (χ1v) is 6.18. The molecule has 0 unspecified atom stereocenters. The van der Waals surface area contributed by atoms with Crippen molar-refractivity contribution in [2.45, 2.75) is 6.92 Å². The zero-order valence-corrected chi connectivity index (χ0v) is 10.4. The van der Waals surface area contributed by atoms with Crippen LogP contribution in [0.15, 0.2) is 53.5 Å². The third-order valence-corrected chi connectivity index (χ3v) is 3.08. The van der Waals surface area contributed by atoms with Gasteiger partial charge in [-0.3, -0.25) is 0 Å². The van der Waals surface area contributed by atoms with Gasteiger partial charge in [0.05, 0.1) is 6.54 Å². The summed E-state index contributed by atoms with van der Waals surface area (Å²) in [5, 5.41) is 0. The molecule has 3 rings (SSSR count). The molecule has 2 heteroatoms. The summed E-state index contributed by atoms with van der Waals surface area (Å²) in [6, 6.07) is 16.8.